The molecule has 2 atom stereocenters. The largest absolute Gasteiger partial charge is 0.447 e. The molecule has 1 N–H and O–H groups in total. The summed E-state index contributed by atoms with van der Waals surface area (Å²) in [6, 6.07) is 9.01. The monoisotopic (exact) mass is 592 g/mol. The molecule has 1 aliphatic heterocycles. The van der Waals surface area contributed by atoms with Crippen LogP contribution in [0.2, 0.25) is 5.02 Å². The van der Waals surface area contributed by atoms with E-state index in [1.54, 1.807) is 23.6 Å². The zero-order valence-corrected chi connectivity index (χ0v) is 25.3. The van der Waals surface area contributed by atoms with Crippen molar-refractivity contribution >= 4 is 35.4 Å². The molecule has 222 valence electrons. The van der Waals surface area contributed by atoms with Gasteiger partial charge in [-0.15, -0.1) is 0 Å². The number of carbonyl (C=O) groups excluding carboxylic acids is 2. The van der Waals surface area contributed by atoms with E-state index >= 15 is 0 Å². The number of aryl methyl sites for hydroxylation is 1. The summed E-state index contributed by atoms with van der Waals surface area (Å²) in [5.74, 6) is 0. The Kier molecular flexibility index (Phi) is 8.84. The van der Waals surface area contributed by atoms with Crippen LogP contribution in [0, 0.1) is 0 Å². The van der Waals surface area contributed by atoms with Crippen molar-refractivity contribution in [2.24, 2.45) is 7.05 Å². The van der Waals surface area contributed by atoms with Crippen LogP contribution in [0.1, 0.15) is 67.9 Å². The van der Waals surface area contributed by atoms with Crippen LogP contribution in [0.3, 0.4) is 0 Å². The number of nitrogens with one attached hydrogen (secondary N) is 1. The second-order valence-electron chi connectivity index (χ2n) is 11.1. The van der Waals surface area contributed by atoms with Gasteiger partial charge in [-0.2, -0.15) is 0 Å². The molecule has 0 spiro atoms. The van der Waals surface area contributed by atoms with Crippen molar-refractivity contribution in [1.82, 2.24) is 29.7 Å². The van der Waals surface area contributed by atoms with Gasteiger partial charge in [0.05, 0.1) is 48.2 Å². The number of hydrogen-bond acceptors (Lipinski definition) is 7. The lowest BCUT2D eigenvalue weighted by Gasteiger charge is -2.39. The summed E-state index contributed by atoms with van der Waals surface area (Å²) in [4.78, 5) is 38.9. The number of fused-ring (bicyclic) bond motifs is 2. The Morgan fingerprint density at radius 2 is 1.79 bits per heavy atom. The average Bonchev–Trinajstić information content (AvgIpc) is 3.31. The molecule has 1 aliphatic carbocycles. The van der Waals surface area contributed by atoms with Gasteiger partial charge in [-0.05, 0) is 74.2 Å². The Balaban J connectivity index is 1.59. The maximum atomic E-state index is 13.0. The predicted octanol–water partition coefficient (Wildman–Crippen LogP) is 5.45. The number of alkyl carbamates (subject to hydrolysis) is 1. The van der Waals surface area contributed by atoms with Crippen LogP contribution in [-0.4, -0.2) is 74.9 Å². The van der Waals surface area contributed by atoms with Gasteiger partial charge in [0.1, 0.15) is 0 Å². The summed E-state index contributed by atoms with van der Waals surface area (Å²) in [5.41, 5.74) is 5.35. The van der Waals surface area contributed by atoms with E-state index < -0.39 is 12.1 Å². The number of halogens is 1. The smallest absolute Gasteiger partial charge is 0.410 e. The molecule has 42 heavy (non-hydrogen) atoms. The molecule has 0 saturated carbocycles. The highest BCUT2D eigenvalue weighted by atomic mass is 35.5. The second-order valence-corrected chi connectivity index (χ2v) is 11.6. The third-order valence-electron chi connectivity index (χ3n) is 7.40. The summed E-state index contributed by atoms with van der Waals surface area (Å²) in [6.07, 6.45) is 6.04. The summed E-state index contributed by atoms with van der Waals surface area (Å²) in [5, 5.41) is 3.66. The lowest BCUT2D eigenvalue weighted by molar-refractivity contribution is 0.0513. The summed E-state index contributed by atoms with van der Waals surface area (Å²) in [6.45, 7) is 9.67. The molecular formula is C31H37ClN6O4. The highest BCUT2D eigenvalue weighted by Crippen LogP contribution is 2.44. The highest BCUT2D eigenvalue weighted by Gasteiger charge is 2.36. The van der Waals surface area contributed by atoms with Gasteiger partial charge in [-0.25, -0.2) is 14.6 Å². The van der Waals surface area contributed by atoms with Crippen LogP contribution < -0.4 is 5.32 Å². The minimum Gasteiger partial charge on any atom is -0.447 e. The first-order valence-corrected chi connectivity index (χ1v) is 14.6. The SMILES string of the molecule is CC(C)OC(=O)N[C@H](C1=Cc2cccnc2C(N2CCN(C(=O)OC(C)C)CC2)c2ccc(Cl)cc21)c1cncn1C. The fraction of sp³-hybridized carbons (Fsp3) is 0.419. The molecule has 1 aromatic carbocycles. The number of ether oxygens (including phenoxy) is 2. The maximum Gasteiger partial charge on any atom is 0.410 e. The zero-order chi connectivity index (χ0) is 30.0. The number of rotatable bonds is 6. The van der Waals surface area contributed by atoms with Gasteiger partial charge in [0.2, 0.25) is 0 Å². The molecule has 0 radical (unpaired) electrons. The molecule has 3 aromatic rings. The van der Waals surface area contributed by atoms with Gasteiger partial charge < -0.3 is 24.3 Å². The molecule has 3 heterocycles. The third-order valence-corrected chi connectivity index (χ3v) is 7.64. The van der Waals surface area contributed by atoms with E-state index in [1.165, 1.54) is 0 Å². The standard InChI is InChI=1S/C31H37ClN6O4/c1-19(2)41-30(39)35-28(26-17-33-18-36(26)5)25-15-21-7-6-10-34-27(21)29(23-9-8-22(32)16-24(23)25)37-11-13-38(14-12-37)31(40)42-20(3)4/h6-10,15-20,28-29H,11-14H2,1-5H3,(H,35,39)/t28-,29?/m1/s1. The number of piperazine rings is 1. The second kappa shape index (κ2) is 12.5. The van der Waals surface area contributed by atoms with Crippen LogP contribution in [0.5, 0.6) is 0 Å². The topological polar surface area (TPSA) is 102 Å². The van der Waals surface area contributed by atoms with Crippen molar-refractivity contribution in [2.45, 2.75) is 52.0 Å². The van der Waals surface area contributed by atoms with Crippen molar-refractivity contribution in [3.8, 4) is 0 Å². The molecule has 2 amide bonds. The summed E-state index contributed by atoms with van der Waals surface area (Å²) >= 11 is 6.63. The van der Waals surface area contributed by atoms with Crippen LogP contribution >= 0.6 is 11.6 Å². The van der Waals surface area contributed by atoms with Crippen molar-refractivity contribution < 1.29 is 19.1 Å². The molecule has 1 saturated heterocycles. The van der Waals surface area contributed by atoms with Gasteiger partial charge in [0, 0.05) is 44.4 Å². The van der Waals surface area contributed by atoms with E-state index in [4.69, 9.17) is 26.1 Å². The van der Waals surface area contributed by atoms with E-state index in [9.17, 15) is 9.59 Å². The number of aromatic nitrogens is 3. The predicted molar refractivity (Wildman–Crippen MR) is 161 cm³/mol. The molecule has 0 bridgehead atoms. The normalized spacial score (nSPS) is 17.7. The van der Waals surface area contributed by atoms with Crippen LogP contribution in [0.15, 0.2) is 49.1 Å². The van der Waals surface area contributed by atoms with Crippen LogP contribution in [-0.2, 0) is 16.5 Å². The van der Waals surface area contributed by atoms with E-state index in [1.807, 2.05) is 69.6 Å². The van der Waals surface area contributed by atoms with Crippen molar-refractivity contribution in [3.05, 3.63) is 82.2 Å². The minimum atomic E-state index is -0.588. The third kappa shape index (κ3) is 6.29. The fourth-order valence-corrected chi connectivity index (χ4v) is 5.73. The van der Waals surface area contributed by atoms with E-state index in [2.05, 4.69) is 21.3 Å². The minimum absolute atomic E-state index is 0.173. The van der Waals surface area contributed by atoms with Crippen molar-refractivity contribution in [2.75, 3.05) is 26.2 Å². The van der Waals surface area contributed by atoms with Crippen molar-refractivity contribution in [1.29, 1.82) is 0 Å². The number of benzene rings is 1. The Hall–Kier alpha value is -3.89. The van der Waals surface area contributed by atoms with Gasteiger partial charge in [0.15, 0.2) is 0 Å². The number of hydrogen-bond donors (Lipinski definition) is 1. The van der Waals surface area contributed by atoms with E-state index in [0.29, 0.717) is 31.2 Å². The molecule has 1 fully saturated rings. The Morgan fingerprint density at radius 1 is 1.05 bits per heavy atom. The maximum absolute atomic E-state index is 13.0. The summed E-state index contributed by atoms with van der Waals surface area (Å²) < 4.78 is 12.8. The van der Waals surface area contributed by atoms with Gasteiger partial charge >= 0.3 is 12.2 Å². The molecule has 11 heteroatoms. The number of pyridine rings is 1. The van der Waals surface area contributed by atoms with Gasteiger partial charge in [-0.1, -0.05) is 23.7 Å². The molecule has 2 aliphatic rings. The number of carbonyl (C=O) groups is 2. The first kappa shape index (κ1) is 29.6. The summed E-state index contributed by atoms with van der Waals surface area (Å²) in [7, 11) is 1.89. The molecule has 1 unspecified atom stereocenters. The molecular weight excluding hydrogens is 556 g/mol. The Bertz CT molecular complexity index is 1480. The van der Waals surface area contributed by atoms with Crippen LogP contribution in [0.25, 0.3) is 11.6 Å². The number of imidazole rings is 1. The highest BCUT2D eigenvalue weighted by molar-refractivity contribution is 6.30. The van der Waals surface area contributed by atoms with E-state index in [-0.39, 0.29) is 24.3 Å². The fourth-order valence-electron chi connectivity index (χ4n) is 5.56. The molecule has 10 nitrogen and oxygen atoms in total. The molecule has 5 rings (SSSR count). The first-order valence-electron chi connectivity index (χ1n) is 14.2. The average molecular weight is 593 g/mol. The number of nitrogens with zero attached hydrogens (tertiary/aromatic N) is 5. The van der Waals surface area contributed by atoms with Crippen molar-refractivity contribution in [3.63, 3.8) is 0 Å². The zero-order valence-electron chi connectivity index (χ0n) is 24.6. The lowest BCUT2D eigenvalue weighted by atomic mass is 9.90. The van der Waals surface area contributed by atoms with Crippen LogP contribution in [0.4, 0.5) is 9.59 Å². The quantitative estimate of drug-likeness (QED) is 0.406. The van der Waals surface area contributed by atoms with Gasteiger partial charge in [0.25, 0.3) is 0 Å². The van der Waals surface area contributed by atoms with Gasteiger partial charge in [-0.3, -0.25) is 9.88 Å². The number of amides is 2. The first-order chi connectivity index (χ1) is 20.1. The van der Waals surface area contributed by atoms with E-state index in [0.717, 1.165) is 33.7 Å². The Labute approximate surface area is 251 Å². The Morgan fingerprint density at radius 3 is 2.45 bits per heavy atom. The molecule has 2 aromatic heterocycles. The lowest BCUT2D eigenvalue weighted by Crippen LogP contribution is -2.50.